The van der Waals surface area contributed by atoms with Gasteiger partial charge in [0.25, 0.3) is 5.91 Å². The molecule has 0 atom stereocenters. The van der Waals surface area contributed by atoms with Crippen molar-refractivity contribution in [1.29, 1.82) is 5.26 Å². The predicted octanol–water partition coefficient (Wildman–Crippen LogP) is 4.70. The molecular weight excluding hydrogens is 384 g/mol. The maximum absolute atomic E-state index is 12.7. The summed E-state index contributed by atoms with van der Waals surface area (Å²) in [4.78, 5) is 15.0. The minimum atomic E-state index is -0.145. The molecular formula is C23H32N2O3S. The first-order valence-electron chi connectivity index (χ1n) is 9.80. The summed E-state index contributed by atoms with van der Waals surface area (Å²) in [6.45, 7) is 13.8. The van der Waals surface area contributed by atoms with Gasteiger partial charge >= 0.3 is 0 Å². The summed E-state index contributed by atoms with van der Waals surface area (Å²) in [5, 5.41) is 8.97. The van der Waals surface area contributed by atoms with E-state index in [2.05, 4.69) is 59.7 Å². The van der Waals surface area contributed by atoms with Crippen LogP contribution in [0, 0.1) is 11.3 Å². The fraction of sp³-hybridized carbons (Fsp3) is 0.565. The van der Waals surface area contributed by atoms with Gasteiger partial charge in [-0.2, -0.15) is 5.26 Å². The first-order valence-corrected chi connectivity index (χ1v) is 10.8. The van der Waals surface area contributed by atoms with E-state index in [-0.39, 0.29) is 30.1 Å². The molecule has 1 aromatic rings. The van der Waals surface area contributed by atoms with Crippen LogP contribution in [0.25, 0.3) is 6.08 Å². The quantitative estimate of drug-likeness (QED) is 0.395. The Morgan fingerprint density at radius 3 is 2.24 bits per heavy atom. The van der Waals surface area contributed by atoms with Crippen LogP contribution in [-0.4, -0.2) is 43.6 Å². The summed E-state index contributed by atoms with van der Waals surface area (Å²) in [7, 11) is 1.62. The van der Waals surface area contributed by atoms with Gasteiger partial charge in [-0.15, -0.1) is 11.8 Å². The van der Waals surface area contributed by atoms with Gasteiger partial charge in [0.05, 0.1) is 11.0 Å². The van der Waals surface area contributed by atoms with Crippen molar-refractivity contribution in [3.05, 3.63) is 33.7 Å². The van der Waals surface area contributed by atoms with Crippen molar-refractivity contribution in [2.75, 3.05) is 32.7 Å². The molecule has 1 aromatic carbocycles. The van der Waals surface area contributed by atoms with Gasteiger partial charge in [0, 0.05) is 30.5 Å². The van der Waals surface area contributed by atoms with Crippen LogP contribution in [0.5, 0.6) is 5.75 Å². The van der Waals surface area contributed by atoms with E-state index in [0.717, 1.165) is 28.2 Å². The van der Waals surface area contributed by atoms with Gasteiger partial charge < -0.3 is 14.4 Å². The fourth-order valence-electron chi connectivity index (χ4n) is 3.20. The van der Waals surface area contributed by atoms with Gasteiger partial charge in [0.2, 0.25) is 0 Å². The molecule has 1 amide bonds. The average molecular weight is 417 g/mol. The fourth-order valence-corrected chi connectivity index (χ4v) is 4.20. The predicted molar refractivity (Wildman–Crippen MR) is 119 cm³/mol. The summed E-state index contributed by atoms with van der Waals surface area (Å²) >= 11 is 1.55. The molecule has 6 heteroatoms. The van der Waals surface area contributed by atoms with Gasteiger partial charge in [-0.1, -0.05) is 41.5 Å². The van der Waals surface area contributed by atoms with E-state index in [1.165, 1.54) is 0 Å². The molecule has 1 saturated heterocycles. The lowest BCUT2D eigenvalue weighted by Crippen LogP contribution is -2.37. The number of rotatable bonds is 5. The number of hydrogen-bond donors (Lipinski definition) is 0. The number of amides is 1. The van der Waals surface area contributed by atoms with Gasteiger partial charge in [-0.25, -0.2) is 0 Å². The van der Waals surface area contributed by atoms with E-state index in [9.17, 15) is 4.79 Å². The molecule has 1 heterocycles. The molecule has 0 bridgehead atoms. The van der Waals surface area contributed by atoms with E-state index in [0.29, 0.717) is 11.4 Å². The Morgan fingerprint density at radius 2 is 1.76 bits per heavy atom. The lowest BCUT2D eigenvalue weighted by atomic mass is 9.78. The van der Waals surface area contributed by atoms with Crippen LogP contribution in [0.4, 0.5) is 0 Å². The van der Waals surface area contributed by atoms with E-state index in [1.807, 2.05) is 6.08 Å². The molecule has 0 unspecified atom stereocenters. The summed E-state index contributed by atoms with van der Waals surface area (Å²) in [6, 6.07) is 6.28. The Morgan fingerprint density at radius 1 is 1.17 bits per heavy atom. The third kappa shape index (κ3) is 5.77. The highest BCUT2D eigenvalue weighted by Crippen LogP contribution is 2.41. The van der Waals surface area contributed by atoms with Crippen LogP contribution in [0.2, 0.25) is 0 Å². The Balaban J connectivity index is 2.61. The first kappa shape index (κ1) is 23.3. The monoisotopic (exact) mass is 416 g/mol. The highest BCUT2D eigenvalue weighted by Gasteiger charge is 2.29. The molecule has 2 rings (SSSR count). The van der Waals surface area contributed by atoms with Gasteiger partial charge in [0.15, 0.2) is 6.79 Å². The maximum atomic E-state index is 12.7. The highest BCUT2D eigenvalue weighted by atomic mass is 32.2. The largest absolute Gasteiger partial charge is 0.467 e. The second-order valence-electron chi connectivity index (χ2n) is 9.24. The van der Waals surface area contributed by atoms with Crippen LogP contribution >= 0.6 is 11.8 Å². The molecule has 0 N–H and O–H groups in total. The van der Waals surface area contributed by atoms with Crippen LogP contribution in [0.15, 0.2) is 17.0 Å². The summed E-state index contributed by atoms with van der Waals surface area (Å²) in [5.41, 5.74) is 2.84. The molecule has 0 saturated carbocycles. The van der Waals surface area contributed by atoms with E-state index < -0.39 is 0 Å². The topological polar surface area (TPSA) is 62.6 Å². The average Bonchev–Trinajstić information content (AvgIpc) is 2.62. The number of thioether (sulfide) groups is 1. The number of benzene rings is 1. The van der Waals surface area contributed by atoms with E-state index in [1.54, 1.807) is 23.8 Å². The van der Waals surface area contributed by atoms with Crippen LogP contribution in [-0.2, 0) is 20.4 Å². The Labute approximate surface area is 179 Å². The third-order valence-corrected chi connectivity index (χ3v) is 5.71. The zero-order valence-electron chi connectivity index (χ0n) is 18.6. The van der Waals surface area contributed by atoms with Crippen LogP contribution < -0.4 is 4.74 Å². The summed E-state index contributed by atoms with van der Waals surface area (Å²) < 4.78 is 11.2. The van der Waals surface area contributed by atoms with Crippen molar-refractivity contribution in [1.82, 2.24) is 4.90 Å². The summed E-state index contributed by atoms with van der Waals surface area (Å²) in [5.74, 6) is 1.58. The van der Waals surface area contributed by atoms with Crippen molar-refractivity contribution >= 4 is 23.7 Å². The lowest BCUT2D eigenvalue weighted by molar-refractivity contribution is -0.125. The number of ether oxygens (including phenoxy) is 2. The van der Waals surface area contributed by atoms with Crippen LogP contribution in [0.3, 0.4) is 0 Å². The second kappa shape index (κ2) is 9.23. The van der Waals surface area contributed by atoms with Gasteiger partial charge in [-0.3, -0.25) is 4.79 Å². The molecule has 5 nitrogen and oxygen atoms in total. The zero-order chi connectivity index (χ0) is 21.8. The van der Waals surface area contributed by atoms with Gasteiger partial charge in [-0.05, 0) is 34.6 Å². The minimum Gasteiger partial charge on any atom is -0.467 e. The Bertz CT molecular complexity index is 791. The molecule has 0 aromatic heterocycles. The third-order valence-electron chi connectivity index (χ3n) is 4.72. The SMILES string of the molecule is COCOc1c(C(C)(C)C)cc(/C=C2/SCCN(CC#N)C2=O)cc1C(C)(C)C. The number of carbonyl (C=O) groups is 1. The molecule has 0 aliphatic carbocycles. The second-order valence-corrected chi connectivity index (χ2v) is 10.4. The van der Waals surface area contributed by atoms with Crippen molar-refractivity contribution < 1.29 is 14.3 Å². The smallest absolute Gasteiger partial charge is 0.261 e. The number of nitriles is 1. The number of nitrogens with zero attached hydrogens (tertiary/aromatic N) is 2. The van der Waals surface area contributed by atoms with Crippen molar-refractivity contribution in [2.45, 2.75) is 52.4 Å². The van der Waals surface area contributed by atoms with E-state index in [4.69, 9.17) is 14.7 Å². The molecule has 1 aliphatic rings. The molecule has 29 heavy (non-hydrogen) atoms. The molecule has 1 fully saturated rings. The zero-order valence-corrected chi connectivity index (χ0v) is 19.4. The highest BCUT2D eigenvalue weighted by molar-refractivity contribution is 8.04. The molecule has 1 aliphatic heterocycles. The first-order chi connectivity index (χ1) is 13.5. The normalized spacial score (nSPS) is 16.8. The summed E-state index contributed by atoms with van der Waals surface area (Å²) in [6.07, 6.45) is 1.95. The Kier molecular flexibility index (Phi) is 7.42. The Hall–Kier alpha value is -1.97. The number of methoxy groups -OCH3 is 1. The van der Waals surface area contributed by atoms with E-state index >= 15 is 0 Å². The maximum Gasteiger partial charge on any atom is 0.261 e. The van der Waals surface area contributed by atoms with Crippen molar-refractivity contribution in [3.8, 4) is 11.8 Å². The standard InChI is InChI=1S/C23H32N2O3S/c1-22(2,3)17-12-16(13-18(23(4,5)6)20(17)28-15-27-7)14-19-21(26)25(9-8-24)10-11-29-19/h12-14H,9-11,15H2,1-7H3/b19-14+. The number of hydrogen-bond acceptors (Lipinski definition) is 5. The lowest BCUT2D eigenvalue weighted by Gasteiger charge is -2.30. The minimum absolute atomic E-state index is 0.0721. The van der Waals surface area contributed by atoms with Crippen LogP contribution in [0.1, 0.15) is 58.2 Å². The molecule has 0 radical (unpaired) electrons. The van der Waals surface area contributed by atoms with Gasteiger partial charge in [0.1, 0.15) is 12.3 Å². The molecule has 0 spiro atoms. The van der Waals surface area contributed by atoms with Crippen molar-refractivity contribution in [2.24, 2.45) is 0 Å². The van der Waals surface area contributed by atoms with Crippen molar-refractivity contribution in [3.63, 3.8) is 0 Å². The number of carbonyl (C=O) groups excluding carboxylic acids is 1. The molecule has 158 valence electrons.